The van der Waals surface area contributed by atoms with E-state index >= 15 is 0 Å². The van der Waals surface area contributed by atoms with E-state index in [0.717, 1.165) is 24.3 Å². The second kappa shape index (κ2) is 6.00. The van der Waals surface area contributed by atoms with Crippen LogP contribution in [0.1, 0.15) is 53.4 Å². The summed E-state index contributed by atoms with van der Waals surface area (Å²) in [4.78, 5) is 0. The van der Waals surface area contributed by atoms with Gasteiger partial charge < -0.3 is 9.05 Å². The van der Waals surface area contributed by atoms with Gasteiger partial charge in [-0.1, -0.05) is 30.7 Å². The number of hydrogen-bond acceptors (Lipinski definition) is 3. The third-order valence-corrected chi connectivity index (χ3v) is 7.21. The van der Waals surface area contributed by atoms with Gasteiger partial charge in [-0.2, -0.15) is 0 Å². The molecule has 3 nitrogen and oxygen atoms in total. The summed E-state index contributed by atoms with van der Waals surface area (Å²) in [5.74, 6) is 3.19. The molecule has 4 heteroatoms. The molecule has 2 heterocycles. The second-order valence-corrected chi connectivity index (χ2v) is 9.30. The smallest absolute Gasteiger partial charge is 0.384 e. The Morgan fingerprint density at radius 2 is 1.36 bits per heavy atom. The highest BCUT2D eigenvalue weighted by Crippen LogP contribution is 2.53. The first-order valence-corrected chi connectivity index (χ1v) is 10.4. The molecule has 2 aromatic rings. The third-order valence-electron chi connectivity index (χ3n) is 5.85. The second-order valence-electron chi connectivity index (χ2n) is 7.66. The van der Waals surface area contributed by atoms with Gasteiger partial charge in [0.15, 0.2) is 0 Å². The van der Waals surface area contributed by atoms with Crippen molar-refractivity contribution >= 4 is 8.53 Å². The fraction of sp³-hybridized carbons (Fsp3) is 0.429. The summed E-state index contributed by atoms with van der Waals surface area (Å²) in [5, 5.41) is 0. The van der Waals surface area contributed by atoms with Gasteiger partial charge in [0.05, 0.1) is 0 Å². The van der Waals surface area contributed by atoms with Gasteiger partial charge in [-0.15, -0.1) is 0 Å². The lowest BCUT2D eigenvalue weighted by atomic mass is 9.71. The molecule has 0 amide bonds. The first-order valence-electron chi connectivity index (χ1n) is 9.27. The van der Waals surface area contributed by atoms with Crippen LogP contribution < -0.4 is 9.05 Å². The van der Waals surface area contributed by atoms with Crippen molar-refractivity contribution in [1.29, 1.82) is 0 Å². The summed E-state index contributed by atoms with van der Waals surface area (Å²) in [6.45, 7) is 0. The van der Waals surface area contributed by atoms with Crippen molar-refractivity contribution in [2.45, 2.75) is 43.9 Å². The normalized spacial score (nSPS) is 26.6. The Hall–Kier alpha value is -1.57. The minimum absolute atomic E-state index is 0.554. The van der Waals surface area contributed by atoms with Crippen LogP contribution in [0.3, 0.4) is 0 Å². The molecule has 0 saturated heterocycles. The highest BCUT2D eigenvalue weighted by atomic mass is 31.2. The first kappa shape index (κ1) is 15.7. The standard InChI is InChI=1S/C21H24NO2P/c1-22(2)25-23-18-10-4-8-16-12-14-6-3-7-15(20(16)18)13-17-9-5-11-19(24-25)21(14)17/h4-5,8-11,14-15H,3,6-7,12-13H2,1-2H3/t14-,15-/m1/s1. The topological polar surface area (TPSA) is 21.7 Å². The monoisotopic (exact) mass is 353 g/mol. The molecule has 0 aromatic heterocycles. The molecular formula is C21H24NO2P. The fourth-order valence-corrected chi connectivity index (χ4v) is 5.83. The number of nitrogens with zero attached hydrogens (tertiary/aromatic N) is 1. The SMILES string of the molecule is CN(C)P1Oc2cccc3c2[C@@H]2CCC[C@H](C3)c3c(cccc3O1)C2. The summed E-state index contributed by atoms with van der Waals surface area (Å²) in [6.07, 6.45) is 6.02. The molecular weight excluding hydrogens is 329 g/mol. The molecule has 0 fully saturated rings. The maximum atomic E-state index is 6.46. The highest BCUT2D eigenvalue weighted by Gasteiger charge is 2.35. The minimum atomic E-state index is -1.15. The molecule has 2 atom stereocenters. The van der Waals surface area contributed by atoms with Gasteiger partial charge in [0, 0.05) is 11.1 Å². The molecule has 0 spiro atoms. The van der Waals surface area contributed by atoms with Crippen LogP contribution in [0.4, 0.5) is 0 Å². The molecule has 2 aliphatic heterocycles. The molecule has 2 aromatic carbocycles. The number of rotatable bonds is 1. The molecule has 0 saturated carbocycles. The van der Waals surface area contributed by atoms with Gasteiger partial charge in [-0.3, -0.25) is 0 Å². The summed E-state index contributed by atoms with van der Waals surface area (Å²) in [7, 11) is 2.93. The fourth-order valence-electron chi connectivity index (χ4n) is 4.81. The Labute approximate surface area is 150 Å². The lowest BCUT2D eigenvalue weighted by Gasteiger charge is -2.37. The molecule has 130 valence electrons. The zero-order chi connectivity index (χ0) is 17.0. The number of benzene rings is 2. The van der Waals surface area contributed by atoms with Crippen LogP contribution >= 0.6 is 8.53 Å². The third kappa shape index (κ3) is 2.56. The Morgan fingerprint density at radius 3 is 1.84 bits per heavy atom. The molecule has 7 rings (SSSR count). The highest BCUT2D eigenvalue weighted by molar-refractivity contribution is 7.45. The molecule has 5 aliphatic rings. The molecule has 0 radical (unpaired) electrons. The molecule has 0 N–H and O–H groups in total. The van der Waals surface area contributed by atoms with Crippen LogP contribution in [-0.2, 0) is 12.8 Å². The quantitative estimate of drug-likeness (QED) is 0.641. The first-order chi connectivity index (χ1) is 12.2. The van der Waals surface area contributed by atoms with Gasteiger partial charge >= 0.3 is 8.53 Å². The summed E-state index contributed by atoms with van der Waals surface area (Å²) in [5.41, 5.74) is 5.87. The van der Waals surface area contributed by atoms with E-state index in [0.29, 0.717) is 11.8 Å². The van der Waals surface area contributed by atoms with Crippen molar-refractivity contribution in [2.24, 2.45) is 0 Å². The van der Waals surface area contributed by atoms with Crippen LogP contribution in [0.2, 0.25) is 0 Å². The Morgan fingerprint density at radius 1 is 0.840 bits per heavy atom. The summed E-state index contributed by atoms with van der Waals surface area (Å²) >= 11 is 0. The van der Waals surface area contributed by atoms with Crippen molar-refractivity contribution in [3.05, 3.63) is 58.7 Å². The van der Waals surface area contributed by atoms with Crippen molar-refractivity contribution in [1.82, 2.24) is 4.67 Å². The van der Waals surface area contributed by atoms with Gasteiger partial charge in [0.1, 0.15) is 11.5 Å². The zero-order valence-corrected chi connectivity index (χ0v) is 15.8. The van der Waals surface area contributed by atoms with E-state index in [4.69, 9.17) is 9.05 Å². The van der Waals surface area contributed by atoms with Crippen LogP contribution in [0, 0.1) is 0 Å². The van der Waals surface area contributed by atoms with Crippen LogP contribution in [-0.4, -0.2) is 18.8 Å². The van der Waals surface area contributed by atoms with Crippen LogP contribution in [0.25, 0.3) is 0 Å². The van der Waals surface area contributed by atoms with Crippen molar-refractivity contribution < 1.29 is 9.05 Å². The van der Waals surface area contributed by atoms with Crippen LogP contribution in [0.5, 0.6) is 11.5 Å². The Balaban J connectivity index is 1.81. The number of fused-ring (bicyclic) bond motifs is 4. The van der Waals surface area contributed by atoms with Gasteiger partial charge in [-0.05, 0) is 74.9 Å². The van der Waals surface area contributed by atoms with E-state index in [1.807, 2.05) is 14.1 Å². The maximum Gasteiger partial charge on any atom is 0.384 e. The molecule has 3 aliphatic carbocycles. The average Bonchev–Trinajstić information content (AvgIpc) is 2.54. The zero-order valence-electron chi connectivity index (χ0n) is 14.9. The maximum absolute atomic E-state index is 6.46. The molecule has 8 bridgehead atoms. The average molecular weight is 353 g/mol. The van der Waals surface area contributed by atoms with Crippen molar-refractivity contribution in [3.63, 3.8) is 0 Å². The van der Waals surface area contributed by atoms with Gasteiger partial charge in [0.25, 0.3) is 0 Å². The molecule has 0 unspecified atom stereocenters. The van der Waals surface area contributed by atoms with E-state index in [9.17, 15) is 0 Å². The summed E-state index contributed by atoms with van der Waals surface area (Å²) in [6, 6.07) is 13.2. The lowest BCUT2D eigenvalue weighted by molar-refractivity contribution is 0.388. The van der Waals surface area contributed by atoms with E-state index in [1.165, 1.54) is 41.5 Å². The Kier molecular flexibility index (Phi) is 3.76. The van der Waals surface area contributed by atoms with Gasteiger partial charge in [0.2, 0.25) is 0 Å². The van der Waals surface area contributed by atoms with E-state index < -0.39 is 8.53 Å². The van der Waals surface area contributed by atoms with E-state index in [2.05, 4.69) is 41.1 Å². The lowest BCUT2D eigenvalue weighted by Crippen LogP contribution is -2.23. The van der Waals surface area contributed by atoms with E-state index in [1.54, 1.807) is 0 Å². The van der Waals surface area contributed by atoms with Crippen molar-refractivity contribution in [3.8, 4) is 11.5 Å². The predicted molar refractivity (Wildman–Crippen MR) is 101 cm³/mol. The predicted octanol–water partition coefficient (Wildman–Crippen LogP) is 5.40. The van der Waals surface area contributed by atoms with Crippen molar-refractivity contribution in [2.75, 3.05) is 14.1 Å². The van der Waals surface area contributed by atoms with E-state index in [-0.39, 0.29) is 0 Å². The summed E-state index contributed by atoms with van der Waals surface area (Å²) < 4.78 is 15.0. The number of hydrogen-bond donors (Lipinski definition) is 0. The minimum Gasteiger partial charge on any atom is -0.427 e. The largest absolute Gasteiger partial charge is 0.427 e. The van der Waals surface area contributed by atoms with Gasteiger partial charge in [-0.25, -0.2) is 4.67 Å². The Bertz CT molecular complexity index is 756. The van der Waals surface area contributed by atoms with Crippen LogP contribution in [0.15, 0.2) is 36.4 Å². The molecule has 25 heavy (non-hydrogen) atoms.